The van der Waals surface area contributed by atoms with E-state index in [1.165, 1.54) is 44.1 Å². The summed E-state index contributed by atoms with van der Waals surface area (Å²) in [6, 6.07) is 7.97. The van der Waals surface area contributed by atoms with Gasteiger partial charge < -0.3 is 15.1 Å². The maximum Gasteiger partial charge on any atom is 0.253 e. The highest BCUT2D eigenvalue weighted by Crippen LogP contribution is 2.43. The van der Waals surface area contributed by atoms with Crippen LogP contribution in [0.15, 0.2) is 29.3 Å². The van der Waals surface area contributed by atoms with E-state index in [0.29, 0.717) is 5.41 Å². The molecule has 1 saturated heterocycles. The molecule has 0 unspecified atom stereocenters. The zero-order chi connectivity index (χ0) is 20.0. The third kappa shape index (κ3) is 4.68. The molecule has 1 spiro atoms. The highest BCUT2D eigenvalue weighted by atomic mass is 16.2. The quantitative estimate of drug-likeness (QED) is 0.619. The number of nitrogens with one attached hydrogen (secondary N) is 1. The third-order valence-corrected chi connectivity index (χ3v) is 6.57. The first-order valence-corrected chi connectivity index (χ1v) is 10.9. The van der Waals surface area contributed by atoms with Crippen LogP contribution >= 0.6 is 0 Å². The summed E-state index contributed by atoms with van der Waals surface area (Å²) in [5.74, 6) is 1.11. The van der Waals surface area contributed by atoms with Gasteiger partial charge in [-0.15, -0.1) is 0 Å². The molecule has 0 radical (unpaired) electrons. The molecule has 0 atom stereocenters. The molecule has 1 aromatic rings. The average Bonchev–Trinajstić information content (AvgIpc) is 3.13. The van der Waals surface area contributed by atoms with E-state index in [0.717, 1.165) is 44.2 Å². The highest BCUT2D eigenvalue weighted by Gasteiger charge is 2.39. The fourth-order valence-electron chi connectivity index (χ4n) is 4.80. The lowest BCUT2D eigenvalue weighted by Gasteiger charge is -2.33. The van der Waals surface area contributed by atoms with Gasteiger partial charge in [0.15, 0.2) is 5.96 Å². The molecule has 1 saturated carbocycles. The topological polar surface area (TPSA) is 47.9 Å². The smallest absolute Gasteiger partial charge is 0.253 e. The average molecular weight is 385 g/mol. The summed E-state index contributed by atoms with van der Waals surface area (Å²) in [5, 5.41) is 3.52. The Balaban J connectivity index is 1.55. The Morgan fingerprint density at radius 2 is 1.79 bits per heavy atom. The van der Waals surface area contributed by atoms with Gasteiger partial charge in [0.25, 0.3) is 5.91 Å². The highest BCUT2D eigenvalue weighted by molar-refractivity contribution is 5.94. The minimum atomic E-state index is 0.107. The van der Waals surface area contributed by atoms with Crippen molar-refractivity contribution >= 4 is 11.9 Å². The van der Waals surface area contributed by atoms with Gasteiger partial charge >= 0.3 is 0 Å². The molecule has 1 aliphatic carbocycles. The van der Waals surface area contributed by atoms with E-state index in [9.17, 15) is 4.79 Å². The van der Waals surface area contributed by atoms with E-state index in [-0.39, 0.29) is 5.91 Å². The van der Waals surface area contributed by atoms with Crippen molar-refractivity contribution in [3.63, 3.8) is 0 Å². The van der Waals surface area contributed by atoms with Gasteiger partial charge in [-0.05, 0) is 56.2 Å². The molecule has 1 aromatic carbocycles. The number of hydrogen-bond donors (Lipinski definition) is 1. The van der Waals surface area contributed by atoms with Crippen LogP contribution in [0.4, 0.5) is 0 Å². The second-order valence-corrected chi connectivity index (χ2v) is 8.31. The normalized spacial score (nSPS) is 19.1. The van der Waals surface area contributed by atoms with Gasteiger partial charge in [0.05, 0.1) is 0 Å². The first-order chi connectivity index (χ1) is 13.6. The zero-order valence-electron chi connectivity index (χ0n) is 17.8. The van der Waals surface area contributed by atoms with Crippen molar-refractivity contribution in [2.24, 2.45) is 10.4 Å². The Hall–Kier alpha value is -2.04. The standard InChI is InChI=1S/C23H36N4O/c1-4-26(5-2)21(28)20-11-9-19(10-12-20)17-25-22(24-3)27-16-15-23(18-27)13-7-6-8-14-23/h9-12H,4-8,13-18H2,1-3H3,(H,24,25). The number of carbonyl (C=O) groups excluding carboxylic acids is 1. The molecule has 0 aromatic heterocycles. The Labute approximate surface area is 170 Å². The van der Waals surface area contributed by atoms with Crippen LogP contribution in [0.1, 0.15) is 68.3 Å². The lowest BCUT2D eigenvalue weighted by atomic mass is 9.73. The first kappa shape index (κ1) is 20.7. The summed E-state index contributed by atoms with van der Waals surface area (Å²) in [5.41, 5.74) is 2.46. The van der Waals surface area contributed by atoms with E-state index in [2.05, 4.69) is 15.2 Å². The van der Waals surface area contributed by atoms with Gasteiger partial charge in [-0.3, -0.25) is 9.79 Å². The summed E-state index contributed by atoms with van der Waals surface area (Å²) in [7, 11) is 1.88. The lowest BCUT2D eigenvalue weighted by molar-refractivity contribution is 0.0773. The number of aliphatic imine (C=N–C) groups is 1. The Morgan fingerprint density at radius 3 is 2.39 bits per heavy atom. The van der Waals surface area contributed by atoms with Crippen molar-refractivity contribution in [1.82, 2.24) is 15.1 Å². The number of nitrogens with zero attached hydrogens (tertiary/aromatic N) is 3. The Morgan fingerprint density at radius 1 is 1.11 bits per heavy atom. The minimum absolute atomic E-state index is 0.107. The molecular weight excluding hydrogens is 348 g/mol. The van der Waals surface area contributed by atoms with Gasteiger partial charge in [0.2, 0.25) is 0 Å². The molecule has 5 nitrogen and oxygen atoms in total. The molecule has 0 bridgehead atoms. The summed E-state index contributed by atoms with van der Waals surface area (Å²) < 4.78 is 0. The number of carbonyl (C=O) groups is 1. The molecule has 154 valence electrons. The van der Waals surface area contributed by atoms with Crippen LogP contribution < -0.4 is 5.32 Å². The van der Waals surface area contributed by atoms with Crippen LogP contribution in [0, 0.1) is 5.41 Å². The summed E-state index contributed by atoms with van der Waals surface area (Å²) in [6.45, 7) is 8.50. The van der Waals surface area contributed by atoms with E-state index in [1.807, 2.05) is 50.1 Å². The second-order valence-electron chi connectivity index (χ2n) is 8.31. The molecule has 2 fully saturated rings. The van der Waals surface area contributed by atoms with Crippen molar-refractivity contribution in [2.45, 2.75) is 58.9 Å². The summed E-state index contributed by atoms with van der Waals surface area (Å²) in [6.07, 6.45) is 8.24. The van der Waals surface area contributed by atoms with Crippen LogP contribution in [0.5, 0.6) is 0 Å². The number of rotatable bonds is 5. The number of amides is 1. The van der Waals surface area contributed by atoms with E-state index >= 15 is 0 Å². The van der Waals surface area contributed by atoms with Gasteiger partial charge in [0.1, 0.15) is 0 Å². The SMILES string of the molecule is CCN(CC)C(=O)c1ccc(CNC(=NC)N2CCC3(CCCCC3)C2)cc1. The van der Waals surface area contributed by atoms with E-state index in [4.69, 9.17) is 0 Å². The molecule has 1 heterocycles. The Bertz CT molecular complexity index is 672. The molecule has 28 heavy (non-hydrogen) atoms. The van der Waals surface area contributed by atoms with E-state index < -0.39 is 0 Å². The van der Waals surface area contributed by atoms with Gasteiger partial charge in [0, 0.05) is 45.3 Å². The van der Waals surface area contributed by atoms with E-state index in [1.54, 1.807) is 0 Å². The largest absolute Gasteiger partial charge is 0.352 e. The molecule has 3 rings (SSSR count). The number of hydrogen-bond acceptors (Lipinski definition) is 2. The van der Waals surface area contributed by atoms with Crippen LogP contribution in [0.25, 0.3) is 0 Å². The number of guanidine groups is 1. The van der Waals surface area contributed by atoms with Crippen LogP contribution in [0.2, 0.25) is 0 Å². The molecule has 2 aliphatic rings. The zero-order valence-corrected chi connectivity index (χ0v) is 17.8. The molecule has 1 N–H and O–H groups in total. The van der Waals surface area contributed by atoms with Crippen LogP contribution in [-0.4, -0.2) is 54.9 Å². The first-order valence-electron chi connectivity index (χ1n) is 10.9. The maximum atomic E-state index is 12.4. The predicted octanol–water partition coefficient (Wildman–Crippen LogP) is 3.90. The summed E-state index contributed by atoms with van der Waals surface area (Å²) >= 11 is 0. The fraction of sp³-hybridized carbons (Fsp3) is 0.652. The third-order valence-electron chi connectivity index (χ3n) is 6.57. The fourth-order valence-corrected chi connectivity index (χ4v) is 4.80. The minimum Gasteiger partial charge on any atom is -0.352 e. The van der Waals surface area contributed by atoms with Gasteiger partial charge in [-0.2, -0.15) is 0 Å². The Kier molecular flexibility index (Phi) is 6.97. The van der Waals surface area contributed by atoms with Crippen LogP contribution in [0.3, 0.4) is 0 Å². The second kappa shape index (κ2) is 9.44. The van der Waals surface area contributed by atoms with Crippen molar-refractivity contribution in [2.75, 3.05) is 33.2 Å². The van der Waals surface area contributed by atoms with Crippen molar-refractivity contribution in [3.05, 3.63) is 35.4 Å². The number of benzene rings is 1. The van der Waals surface area contributed by atoms with Crippen molar-refractivity contribution < 1.29 is 4.79 Å². The maximum absolute atomic E-state index is 12.4. The van der Waals surface area contributed by atoms with Crippen LogP contribution in [-0.2, 0) is 6.54 Å². The molecule has 1 aliphatic heterocycles. The summed E-state index contributed by atoms with van der Waals surface area (Å²) in [4.78, 5) is 21.2. The monoisotopic (exact) mass is 384 g/mol. The number of likely N-dealkylation sites (tertiary alicyclic amines) is 1. The van der Waals surface area contributed by atoms with Gasteiger partial charge in [-0.1, -0.05) is 31.4 Å². The van der Waals surface area contributed by atoms with Crippen molar-refractivity contribution in [1.29, 1.82) is 0 Å². The van der Waals surface area contributed by atoms with Crippen molar-refractivity contribution in [3.8, 4) is 0 Å². The molecular formula is C23H36N4O. The lowest BCUT2D eigenvalue weighted by Crippen LogP contribution is -2.41. The molecule has 1 amide bonds. The van der Waals surface area contributed by atoms with Gasteiger partial charge in [-0.25, -0.2) is 0 Å². The predicted molar refractivity (Wildman–Crippen MR) is 116 cm³/mol. The molecule has 5 heteroatoms.